The maximum absolute atomic E-state index is 12.5. The Labute approximate surface area is 191 Å². The van der Waals surface area contributed by atoms with Crippen LogP contribution in [0.2, 0.25) is 5.02 Å². The predicted molar refractivity (Wildman–Crippen MR) is 123 cm³/mol. The highest BCUT2D eigenvalue weighted by molar-refractivity contribution is 7.89. The van der Waals surface area contributed by atoms with Crippen LogP contribution in [0.3, 0.4) is 0 Å². The molecule has 32 heavy (non-hydrogen) atoms. The number of fused-ring (bicyclic) bond motifs is 1. The fraction of sp³-hybridized carbons (Fsp3) is 0.304. The van der Waals surface area contributed by atoms with Gasteiger partial charge in [-0.1, -0.05) is 42.6 Å². The smallest absolute Gasteiger partial charge is 0.336 e. The summed E-state index contributed by atoms with van der Waals surface area (Å²) < 4.78 is 37.9. The number of esters is 1. The maximum Gasteiger partial charge on any atom is 0.336 e. The van der Waals surface area contributed by atoms with Crippen LogP contribution in [0.25, 0.3) is 11.0 Å². The molecule has 3 rings (SSSR count). The Morgan fingerprint density at radius 2 is 1.88 bits per heavy atom. The Kier molecular flexibility index (Phi) is 7.38. The molecule has 1 aromatic heterocycles. The third-order valence-corrected chi connectivity index (χ3v) is 6.76. The quantitative estimate of drug-likeness (QED) is 0.293. The molecule has 0 fully saturated rings. The Morgan fingerprint density at radius 1 is 1.19 bits per heavy atom. The van der Waals surface area contributed by atoms with E-state index in [4.69, 9.17) is 20.8 Å². The average molecular weight is 478 g/mol. The summed E-state index contributed by atoms with van der Waals surface area (Å²) in [7, 11) is -3.92. The lowest BCUT2D eigenvalue weighted by Crippen LogP contribution is -2.40. The number of aryl methyl sites for hydroxylation is 2. The van der Waals surface area contributed by atoms with Crippen molar-refractivity contribution in [1.29, 1.82) is 0 Å². The van der Waals surface area contributed by atoms with E-state index in [1.54, 1.807) is 18.2 Å². The van der Waals surface area contributed by atoms with E-state index in [1.165, 1.54) is 31.2 Å². The van der Waals surface area contributed by atoms with Crippen LogP contribution in [-0.4, -0.2) is 20.4 Å². The summed E-state index contributed by atoms with van der Waals surface area (Å²) in [6.45, 7) is 5.25. The van der Waals surface area contributed by atoms with Gasteiger partial charge in [-0.25, -0.2) is 18.0 Å². The fourth-order valence-electron chi connectivity index (χ4n) is 3.14. The number of carbonyl (C=O) groups excluding carboxylic acids is 1. The molecule has 0 saturated heterocycles. The molecule has 7 nitrogen and oxygen atoms in total. The van der Waals surface area contributed by atoms with Gasteiger partial charge in [0.25, 0.3) is 0 Å². The summed E-state index contributed by atoms with van der Waals surface area (Å²) in [5, 5.41) is 0.807. The molecule has 0 saturated carbocycles. The highest BCUT2D eigenvalue weighted by atomic mass is 35.5. The van der Waals surface area contributed by atoms with E-state index in [0.29, 0.717) is 11.8 Å². The first-order valence-electron chi connectivity index (χ1n) is 10.2. The van der Waals surface area contributed by atoms with Gasteiger partial charge in [-0.05, 0) is 50.5 Å². The first-order valence-corrected chi connectivity index (χ1v) is 12.0. The Bertz CT molecular complexity index is 1300. The van der Waals surface area contributed by atoms with Gasteiger partial charge < -0.3 is 9.15 Å². The van der Waals surface area contributed by atoms with E-state index in [2.05, 4.69) is 4.72 Å². The number of halogens is 1. The molecule has 0 aliphatic rings. The second-order valence-electron chi connectivity index (χ2n) is 7.55. The van der Waals surface area contributed by atoms with E-state index in [1.807, 2.05) is 13.8 Å². The summed E-state index contributed by atoms with van der Waals surface area (Å²) in [6.07, 6.45) is 2.54. The lowest BCUT2D eigenvalue weighted by atomic mass is 10.0. The summed E-state index contributed by atoms with van der Waals surface area (Å²) in [4.78, 5) is 24.5. The van der Waals surface area contributed by atoms with Crippen molar-refractivity contribution in [3.8, 4) is 5.75 Å². The molecule has 170 valence electrons. The van der Waals surface area contributed by atoms with Gasteiger partial charge in [0.05, 0.1) is 9.92 Å². The van der Waals surface area contributed by atoms with Crippen LogP contribution >= 0.6 is 11.6 Å². The van der Waals surface area contributed by atoms with Gasteiger partial charge in [-0.15, -0.1) is 0 Å². The predicted octanol–water partition coefficient (Wildman–Crippen LogP) is 4.37. The summed E-state index contributed by atoms with van der Waals surface area (Å²) in [5.41, 5.74) is 1.44. The summed E-state index contributed by atoms with van der Waals surface area (Å²) in [5.74, 6) is -0.882. The number of benzene rings is 2. The minimum Gasteiger partial charge on any atom is -0.424 e. The molecular weight excluding hydrogens is 454 g/mol. The second kappa shape index (κ2) is 9.85. The third kappa shape index (κ3) is 5.56. The number of unbranched alkanes of at least 4 members (excludes halogenated alkanes) is 1. The van der Waals surface area contributed by atoms with E-state index in [-0.39, 0.29) is 21.3 Å². The van der Waals surface area contributed by atoms with Gasteiger partial charge in [0.1, 0.15) is 11.6 Å². The zero-order valence-electron chi connectivity index (χ0n) is 18.0. The molecule has 1 N–H and O–H groups in total. The number of ether oxygens (including phenoxy) is 1. The number of sulfonamides is 1. The van der Waals surface area contributed by atoms with Crippen molar-refractivity contribution in [2.75, 3.05) is 0 Å². The monoisotopic (exact) mass is 477 g/mol. The molecular formula is C23H24ClNO6S. The van der Waals surface area contributed by atoms with Crippen molar-refractivity contribution in [2.45, 2.75) is 51.0 Å². The van der Waals surface area contributed by atoms with E-state index < -0.39 is 27.7 Å². The fourth-order valence-corrected chi connectivity index (χ4v) is 4.54. The van der Waals surface area contributed by atoms with Crippen molar-refractivity contribution in [1.82, 2.24) is 4.72 Å². The van der Waals surface area contributed by atoms with Gasteiger partial charge >= 0.3 is 11.6 Å². The molecule has 9 heteroatoms. The van der Waals surface area contributed by atoms with E-state index in [0.717, 1.165) is 24.0 Å². The molecule has 0 spiro atoms. The Hall–Kier alpha value is -2.68. The number of rotatable bonds is 8. The Morgan fingerprint density at radius 3 is 2.53 bits per heavy atom. The van der Waals surface area contributed by atoms with Crippen LogP contribution < -0.4 is 15.1 Å². The zero-order valence-corrected chi connectivity index (χ0v) is 19.5. The first-order chi connectivity index (χ1) is 15.1. The molecule has 1 atom stereocenters. The molecule has 0 amide bonds. The minimum atomic E-state index is -3.92. The lowest BCUT2D eigenvalue weighted by molar-refractivity contribution is -0.135. The molecule has 0 bridgehead atoms. The molecule has 3 aromatic rings. The normalized spacial score (nSPS) is 12.6. The molecule has 0 aliphatic heterocycles. The molecule has 0 unspecified atom stereocenters. The lowest BCUT2D eigenvalue weighted by Gasteiger charge is -2.15. The van der Waals surface area contributed by atoms with Crippen molar-refractivity contribution in [3.05, 3.63) is 69.0 Å². The summed E-state index contributed by atoms with van der Waals surface area (Å²) in [6, 6.07) is 9.42. The Balaban J connectivity index is 1.82. The van der Waals surface area contributed by atoms with Gasteiger partial charge in [-0.2, -0.15) is 4.72 Å². The van der Waals surface area contributed by atoms with Crippen molar-refractivity contribution in [3.63, 3.8) is 0 Å². The van der Waals surface area contributed by atoms with Crippen LogP contribution in [0, 0.1) is 6.92 Å². The molecule has 1 heterocycles. The van der Waals surface area contributed by atoms with Crippen LogP contribution in [-0.2, 0) is 21.2 Å². The van der Waals surface area contributed by atoms with Crippen molar-refractivity contribution < 1.29 is 22.4 Å². The zero-order chi connectivity index (χ0) is 23.5. The number of carbonyl (C=O) groups is 1. The second-order valence-corrected chi connectivity index (χ2v) is 9.67. The van der Waals surface area contributed by atoms with Gasteiger partial charge in [0, 0.05) is 17.5 Å². The van der Waals surface area contributed by atoms with E-state index >= 15 is 0 Å². The van der Waals surface area contributed by atoms with Crippen molar-refractivity contribution in [2.24, 2.45) is 0 Å². The number of hydrogen-bond acceptors (Lipinski definition) is 6. The topological polar surface area (TPSA) is 103 Å². The van der Waals surface area contributed by atoms with Crippen LogP contribution in [0.5, 0.6) is 5.75 Å². The first kappa shape index (κ1) is 24.0. The maximum atomic E-state index is 12.5. The molecule has 2 aromatic carbocycles. The highest BCUT2D eigenvalue weighted by Crippen LogP contribution is 2.32. The van der Waals surface area contributed by atoms with Gasteiger partial charge in [0.2, 0.25) is 10.0 Å². The average Bonchev–Trinajstić information content (AvgIpc) is 2.73. The SMILES string of the molecule is CCCCc1cc(=O)oc2cc(OC(=O)[C@@H](C)NS(=O)(=O)c3ccc(C)cc3)c(Cl)cc12. The third-order valence-electron chi connectivity index (χ3n) is 4.91. The summed E-state index contributed by atoms with van der Waals surface area (Å²) >= 11 is 6.31. The highest BCUT2D eigenvalue weighted by Gasteiger charge is 2.24. The van der Waals surface area contributed by atoms with Gasteiger partial charge in [0.15, 0.2) is 5.75 Å². The van der Waals surface area contributed by atoms with Crippen molar-refractivity contribution >= 4 is 38.6 Å². The van der Waals surface area contributed by atoms with Crippen LogP contribution in [0.1, 0.15) is 37.8 Å². The molecule has 0 radical (unpaired) electrons. The standard InChI is InChI=1S/C23H24ClNO6S/c1-4-5-6-16-11-22(26)30-20-13-21(19(24)12-18(16)20)31-23(27)15(3)25-32(28,29)17-9-7-14(2)8-10-17/h7-13,15,25H,4-6H2,1-3H3/t15-/m1/s1. The minimum absolute atomic E-state index is 0.0265. The van der Waals surface area contributed by atoms with E-state index in [9.17, 15) is 18.0 Å². The van der Waals surface area contributed by atoms with Crippen LogP contribution in [0.15, 0.2) is 56.6 Å². The number of nitrogens with one attached hydrogen (secondary N) is 1. The van der Waals surface area contributed by atoms with Crippen LogP contribution in [0.4, 0.5) is 0 Å². The largest absolute Gasteiger partial charge is 0.424 e. The van der Waals surface area contributed by atoms with Gasteiger partial charge in [-0.3, -0.25) is 0 Å². The molecule has 0 aliphatic carbocycles. The number of hydrogen-bond donors (Lipinski definition) is 1.